The number of hydrogen-bond donors (Lipinski definition) is 2. The van der Waals surface area contributed by atoms with Gasteiger partial charge in [-0.2, -0.15) is 0 Å². The van der Waals surface area contributed by atoms with E-state index in [-0.39, 0.29) is 28.7 Å². The maximum atomic E-state index is 12.4. The lowest BCUT2D eigenvalue weighted by molar-refractivity contribution is 0.0921. The average Bonchev–Trinajstić information content (AvgIpc) is 3.15. The summed E-state index contributed by atoms with van der Waals surface area (Å²) in [4.78, 5) is 12.5. The van der Waals surface area contributed by atoms with Gasteiger partial charge >= 0.3 is 0 Å². The van der Waals surface area contributed by atoms with Crippen molar-refractivity contribution in [3.8, 4) is 0 Å². The van der Waals surface area contributed by atoms with Gasteiger partial charge in [-0.25, -0.2) is 8.42 Å². The molecule has 146 valence electrons. The summed E-state index contributed by atoms with van der Waals surface area (Å²) in [5.41, 5.74) is 1.67. The molecule has 7 heteroatoms. The molecule has 2 aromatic carbocycles. The maximum absolute atomic E-state index is 12.4. The minimum Gasteiger partial charge on any atom is -0.455 e. The molecular weight excluding hydrogens is 378 g/mol. The van der Waals surface area contributed by atoms with Gasteiger partial charge in [0.15, 0.2) is 15.6 Å². The Bertz CT molecular complexity index is 1040. The second-order valence-electron chi connectivity index (χ2n) is 6.44. The zero-order valence-electron chi connectivity index (χ0n) is 15.3. The average molecular weight is 399 g/mol. The van der Waals surface area contributed by atoms with Crippen LogP contribution < -0.4 is 5.32 Å². The third-order valence-corrected chi connectivity index (χ3v) is 5.89. The lowest BCUT2D eigenvalue weighted by Crippen LogP contribution is -2.22. The summed E-state index contributed by atoms with van der Waals surface area (Å²) in [6.45, 7) is 1.97. The lowest BCUT2D eigenvalue weighted by atomic mass is 10.1. The summed E-state index contributed by atoms with van der Waals surface area (Å²) in [6, 6.07) is 18.3. The highest BCUT2D eigenvalue weighted by Crippen LogP contribution is 2.18. The van der Waals surface area contributed by atoms with Crippen LogP contribution in [0.2, 0.25) is 0 Å². The molecule has 1 atom stereocenters. The van der Waals surface area contributed by atoms with E-state index in [0.29, 0.717) is 0 Å². The molecule has 0 aliphatic carbocycles. The number of benzene rings is 2. The van der Waals surface area contributed by atoms with E-state index in [4.69, 9.17) is 4.42 Å². The van der Waals surface area contributed by atoms with Gasteiger partial charge < -0.3 is 14.8 Å². The topological polar surface area (TPSA) is 96.6 Å². The summed E-state index contributed by atoms with van der Waals surface area (Å²) in [5.74, 6) is -0.484. The first-order valence-electron chi connectivity index (χ1n) is 8.77. The smallest absolute Gasteiger partial charge is 0.287 e. The number of aliphatic hydroxyl groups is 1. The first-order valence-corrected chi connectivity index (χ1v) is 10.4. The highest BCUT2D eigenvalue weighted by Gasteiger charge is 2.19. The monoisotopic (exact) mass is 399 g/mol. The highest BCUT2D eigenvalue weighted by molar-refractivity contribution is 7.90. The third-order valence-electron chi connectivity index (χ3n) is 4.24. The van der Waals surface area contributed by atoms with Crippen LogP contribution in [0.25, 0.3) is 0 Å². The number of nitrogens with one attached hydrogen (secondary N) is 1. The fourth-order valence-electron chi connectivity index (χ4n) is 2.66. The van der Waals surface area contributed by atoms with E-state index >= 15 is 0 Å². The van der Waals surface area contributed by atoms with Gasteiger partial charge in [-0.1, -0.05) is 42.5 Å². The van der Waals surface area contributed by atoms with Gasteiger partial charge in [0.2, 0.25) is 0 Å². The number of aliphatic hydroxyl groups excluding tert-OH is 1. The molecule has 0 saturated carbocycles. The van der Waals surface area contributed by atoms with Gasteiger partial charge in [-0.05, 0) is 42.3 Å². The molecule has 0 radical (unpaired) electrons. The quantitative estimate of drug-likeness (QED) is 0.636. The van der Waals surface area contributed by atoms with Crippen molar-refractivity contribution in [1.29, 1.82) is 0 Å². The second-order valence-corrected chi connectivity index (χ2v) is 8.43. The predicted octanol–water partition coefficient (Wildman–Crippen LogP) is 3.24. The molecule has 0 aliphatic rings. The van der Waals surface area contributed by atoms with Gasteiger partial charge in [-0.3, -0.25) is 4.79 Å². The van der Waals surface area contributed by atoms with Gasteiger partial charge in [0.1, 0.15) is 11.5 Å². The third kappa shape index (κ3) is 4.88. The minimum absolute atomic E-state index is 0.0545. The van der Waals surface area contributed by atoms with Crippen molar-refractivity contribution in [3.05, 3.63) is 89.4 Å². The number of amides is 1. The van der Waals surface area contributed by atoms with Crippen LogP contribution in [-0.2, 0) is 22.1 Å². The Morgan fingerprint density at radius 2 is 1.71 bits per heavy atom. The number of furan rings is 1. The Kier molecular flexibility index (Phi) is 5.96. The summed E-state index contributed by atoms with van der Waals surface area (Å²) >= 11 is 0. The van der Waals surface area contributed by atoms with Crippen molar-refractivity contribution in [1.82, 2.24) is 5.32 Å². The van der Waals surface area contributed by atoms with E-state index in [1.54, 1.807) is 37.3 Å². The van der Waals surface area contributed by atoms with Gasteiger partial charge in [0.05, 0.1) is 11.0 Å². The van der Waals surface area contributed by atoms with E-state index in [1.807, 2.05) is 12.1 Å². The largest absolute Gasteiger partial charge is 0.455 e. The first-order chi connectivity index (χ1) is 13.3. The summed E-state index contributed by atoms with van der Waals surface area (Å²) < 4.78 is 30.2. The molecule has 0 fully saturated rings. The SMILES string of the molecule is C[C@H](O)c1ccc(CNC(=O)c2ccc(CS(=O)(=O)c3ccccc3)o2)cc1. The van der Waals surface area contributed by atoms with Crippen LogP contribution in [0.1, 0.15) is 40.5 Å². The normalized spacial score (nSPS) is 12.5. The van der Waals surface area contributed by atoms with E-state index in [9.17, 15) is 18.3 Å². The Morgan fingerprint density at radius 3 is 2.36 bits per heavy atom. The van der Waals surface area contributed by atoms with Crippen LogP contribution in [0.3, 0.4) is 0 Å². The van der Waals surface area contributed by atoms with E-state index in [1.165, 1.54) is 24.3 Å². The highest BCUT2D eigenvalue weighted by atomic mass is 32.2. The molecule has 0 spiro atoms. The van der Waals surface area contributed by atoms with Gasteiger partial charge in [-0.15, -0.1) is 0 Å². The van der Waals surface area contributed by atoms with Crippen LogP contribution in [-0.4, -0.2) is 19.4 Å². The molecule has 1 heterocycles. The Balaban J connectivity index is 1.61. The van der Waals surface area contributed by atoms with Crippen LogP contribution in [0.15, 0.2) is 76.0 Å². The summed E-state index contributed by atoms with van der Waals surface area (Å²) in [5, 5.41) is 12.2. The fourth-order valence-corrected chi connectivity index (χ4v) is 3.93. The standard InChI is InChI=1S/C21H21NO5S/c1-15(23)17-9-7-16(8-10-17)13-22-21(24)20-12-11-18(27-20)14-28(25,26)19-5-3-2-4-6-19/h2-12,15,23H,13-14H2,1H3,(H,22,24)/t15-/m0/s1. The number of hydrogen-bond acceptors (Lipinski definition) is 5. The van der Waals surface area contributed by atoms with Crippen LogP contribution >= 0.6 is 0 Å². The van der Waals surface area contributed by atoms with E-state index in [0.717, 1.165) is 11.1 Å². The molecule has 6 nitrogen and oxygen atoms in total. The van der Waals surface area contributed by atoms with Crippen molar-refractivity contribution in [2.45, 2.75) is 30.2 Å². The minimum atomic E-state index is -3.54. The molecule has 0 saturated heterocycles. The van der Waals surface area contributed by atoms with Gasteiger partial charge in [0.25, 0.3) is 5.91 Å². The summed E-state index contributed by atoms with van der Waals surface area (Å²) in [6.07, 6.45) is -0.544. The van der Waals surface area contributed by atoms with Crippen molar-refractivity contribution in [2.24, 2.45) is 0 Å². The number of carbonyl (C=O) groups excluding carboxylic acids is 1. The van der Waals surface area contributed by atoms with Crippen LogP contribution in [0.4, 0.5) is 0 Å². The van der Waals surface area contributed by atoms with Crippen LogP contribution in [0, 0.1) is 0 Å². The first kappa shape index (κ1) is 19.9. The van der Waals surface area contributed by atoms with E-state index < -0.39 is 21.8 Å². The molecule has 3 aromatic rings. The molecular formula is C21H21NO5S. The molecule has 1 amide bonds. The molecule has 0 aliphatic heterocycles. The molecule has 1 aromatic heterocycles. The fraction of sp³-hybridized carbons (Fsp3) is 0.190. The lowest BCUT2D eigenvalue weighted by Gasteiger charge is -2.07. The Labute approximate surface area is 163 Å². The van der Waals surface area contributed by atoms with E-state index in [2.05, 4.69) is 5.32 Å². The molecule has 0 unspecified atom stereocenters. The van der Waals surface area contributed by atoms with Crippen molar-refractivity contribution in [2.75, 3.05) is 0 Å². The molecule has 3 rings (SSSR count). The van der Waals surface area contributed by atoms with Crippen molar-refractivity contribution >= 4 is 15.7 Å². The summed E-state index contributed by atoms with van der Waals surface area (Å²) in [7, 11) is -3.54. The maximum Gasteiger partial charge on any atom is 0.287 e. The predicted molar refractivity (Wildman–Crippen MR) is 104 cm³/mol. The number of rotatable bonds is 7. The number of carbonyl (C=O) groups is 1. The molecule has 2 N–H and O–H groups in total. The zero-order chi connectivity index (χ0) is 20.1. The van der Waals surface area contributed by atoms with Crippen molar-refractivity contribution in [3.63, 3.8) is 0 Å². The van der Waals surface area contributed by atoms with Crippen LogP contribution in [0.5, 0.6) is 0 Å². The number of sulfone groups is 1. The van der Waals surface area contributed by atoms with Gasteiger partial charge in [0, 0.05) is 6.54 Å². The zero-order valence-corrected chi connectivity index (χ0v) is 16.1. The molecule has 28 heavy (non-hydrogen) atoms. The molecule has 0 bridgehead atoms. The second kappa shape index (κ2) is 8.41. The van der Waals surface area contributed by atoms with Crippen molar-refractivity contribution < 1.29 is 22.7 Å². The Hall–Kier alpha value is -2.90. The Morgan fingerprint density at radius 1 is 1.04 bits per heavy atom.